The van der Waals surface area contributed by atoms with Crippen molar-refractivity contribution in [2.75, 3.05) is 0 Å². The lowest BCUT2D eigenvalue weighted by atomic mass is 10.0. The Bertz CT molecular complexity index is 1290. The number of alkyl halides is 3. The summed E-state index contributed by atoms with van der Waals surface area (Å²) in [6, 6.07) is 11.3. The summed E-state index contributed by atoms with van der Waals surface area (Å²) in [5, 5.41) is 11.5. The summed E-state index contributed by atoms with van der Waals surface area (Å²) >= 11 is 0. The van der Waals surface area contributed by atoms with Crippen molar-refractivity contribution in [2.24, 2.45) is 0 Å². The first-order valence-electron chi connectivity index (χ1n) is 11.1. The van der Waals surface area contributed by atoms with E-state index < -0.39 is 35.5 Å². The van der Waals surface area contributed by atoms with Crippen molar-refractivity contribution in [3.05, 3.63) is 93.8 Å². The van der Waals surface area contributed by atoms with Gasteiger partial charge in [0.2, 0.25) is 0 Å². The zero-order valence-corrected chi connectivity index (χ0v) is 19.9. The highest BCUT2D eigenvalue weighted by molar-refractivity contribution is 5.96. The molecular formula is C27H25F4NO4. The van der Waals surface area contributed by atoms with Gasteiger partial charge in [0.05, 0.1) is 11.6 Å². The fourth-order valence-electron chi connectivity index (χ4n) is 3.74. The van der Waals surface area contributed by atoms with Crippen LogP contribution < -0.4 is 10.1 Å². The number of carboxylic acid groups (broad SMARTS) is 1. The lowest BCUT2D eigenvalue weighted by Crippen LogP contribution is -2.27. The van der Waals surface area contributed by atoms with Gasteiger partial charge in [-0.15, -0.1) is 0 Å². The van der Waals surface area contributed by atoms with Crippen molar-refractivity contribution >= 4 is 11.9 Å². The van der Waals surface area contributed by atoms with Crippen LogP contribution >= 0.6 is 0 Å². The van der Waals surface area contributed by atoms with Crippen LogP contribution in [0.1, 0.15) is 57.6 Å². The van der Waals surface area contributed by atoms with Crippen LogP contribution in [0.2, 0.25) is 0 Å². The fourth-order valence-corrected chi connectivity index (χ4v) is 3.74. The number of amides is 1. The predicted octanol–water partition coefficient (Wildman–Crippen LogP) is 6.76. The van der Waals surface area contributed by atoms with Crippen LogP contribution in [0.25, 0.3) is 0 Å². The standard InChI is InChI=1S/C27H25F4NO4/c1-15-11-22(7-4-18(15)5-9-25(33)34)36-23-13-19(12-21(28)14-23)17(3)32-26(35)24-8-6-20(10-16(24)2)27(29,30)31/h4,6-8,10-14,17H,5,9H2,1-3H3,(H,32,35)(H,33,34). The molecule has 0 aliphatic carbocycles. The molecule has 0 aromatic heterocycles. The fraction of sp³-hybridized carbons (Fsp3) is 0.259. The van der Waals surface area contributed by atoms with E-state index in [0.29, 0.717) is 17.7 Å². The Morgan fingerprint density at radius 2 is 1.69 bits per heavy atom. The number of nitrogens with one attached hydrogen (secondary N) is 1. The predicted molar refractivity (Wildman–Crippen MR) is 126 cm³/mol. The van der Waals surface area contributed by atoms with Gasteiger partial charge in [-0.25, -0.2) is 4.39 Å². The first-order valence-corrected chi connectivity index (χ1v) is 11.1. The third-order valence-corrected chi connectivity index (χ3v) is 5.70. The zero-order valence-electron chi connectivity index (χ0n) is 19.9. The Labute approximate surface area is 205 Å². The highest BCUT2D eigenvalue weighted by Gasteiger charge is 2.31. The van der Waals surface area contributed by atoms with Gasteiger partial charge in [-0.1, -0.05) is 6.07 Å². The largest absolute Gasteiger partial charge is 0.481 e. The molecule has 0 saturated heterocycles. The Hall–Kier alpha value is -3.88. The van der Waals surface area contributed by atoms with E-state index in [1.807, 2.05) is 6.92 Å². The molecule has 9 heteroatoms. The van der Waals surface area contributed by atoms with E-state index in [1.165, 1.54) is 19.1 Å². The number of hydrogen-bond acceptors (Lipinski definition) is 3. The Morgan fingerprint density at radius 3 is 2.31 bits per heavy atom. The van der Waals surface area contributed by atoms with Gasteiger partial charge in [0.15, 0.2) is 0 Å². The minimum absolute atomic E-state index is 0.00388. The van der Waals surface area contributed by atoms with Crippen molar-refractivity contribution in [3.8, 4) is 11.5 Å². The normalized spacial score (nSPS) is 12.2. The topological polar surface area (TPSA) is 75.6 Å². The quantitative estimate of drug-likeness (QED) is 0.333. The number of ether oxygens (including phenoxy) is 1. The highest BCUT2D eigenvalue weighted by atomic mass is 19.4. The van der Waals surface area contributed by atoms with Crippen LogP contribution in [0.4, 0.5) is 17.6 Å². The van der Waals surface area contributed by atoms with E-state index in [9.17, 15) is 27.2 Å². The summed E-state index contributed by atoms with van der Waals surface area (Å²) in [7, 11) is 0. The second kappa shape index (κ2) is 10.8. The Morgan fingerprint density at radius 1 is 0.972 bits per heavy atom. The molecule has 1 atom stereocenters. The molecule has 3 aromatic carbocycles. The van der Waals surface area contributed by atoms with Gasteiger partial charge in [0.25, 0.3) is 5.91 Å². The molecule has 0 aliphatic rings. The van der Waals surface area contributed by atoms with Gasteiger partial charge < -0.3 is 15.2 Å². The van der Waals surface area contributed by atoms with Crippen molar-refractivity contribution in [1.82, 2.24) is 5.32 Å². The molecule has 0 heterocycles. The number of rotatable bonds is 8. The highest BCUT2D eigenvalue weighted by Crippen LogP contribution is 2.31. The van der Waals surface area contributed by atoms with Crippen LogP contribution in [0.15, 0.2) is 54.6 Å². The number of carbonyl (C=O) groups is 2. The zero-order chi connectivity index (χ0) is 26.6. The molecule has 1 amide bonds. The van der Waals surface area contributed by atoms with Crippen molar-refractivity contribution in [3.63, 3.8) is 0 Å². The molecule has 0 aliphatic heterocycles. The maximum absolute atomic E-state index is 14.3. The summed E-state index contributed by atoms with van der Waals surface area (Å²) in [4.78, 5) is 23.5. The Kier molecular flexibility index (Phi) is 8.02. The number of aliphatic carboxylic acids is 1. The van der Waals surface area contributed by atoms with Gasteiger partial charge in [-0.05, 0) is 91.9 Å². The molecule has 0 spiro atoms. The molecule has 3 rings (SSSR count). The van der Waals surface area contributed by atoms with Crippen molar-refractivity contribution in [2.45, 2.75) is 45.8 Å². The molecule has 0 fully saturated rings. The van der Waals surface area contributed by atoms with Gasteiger partial charge >= 0.3 is 12.1 Å². The summed E-state index contributed by atoms with van der Waals surface area (Å²) in [5.41, 5.74) is 1.50. The first kappa shape index (κ1) is 26.7. The average Bonchev–Trinajstić information content (AvgIpc) is 2.77. The van der Waals surface area contributed by atoms with Crippen LogP contribution in [-0.4, -0.2) is 17.0 Å². The molecule has 3 aromatic rings. The summed E-state index contributed by atoms with van der Waals surface area (Å²) in [5.74, 6) is -1.46. The van der Waals surface area contributed by atoms with E-state index in [0.717, 1.165) is 29.3 Å². The maximum Gasteiger partial charge on any atom is 0.416 e. The minimum atomic E-state index is -4.51. The molecule has 1 unspecified atom stereocenters. The number of carbonyl (C=O) groups excluding carboxylic acids is 1. The van der Waals surface area contributed by atoms with Gasteiger partial charge in [-0.2, -0.15) is 13.2 Å². The summed E-state index contributed by atoms with van der Waals surface area (Å²) in [6.07, 6.45) is -4.13. The summed E-state index contributed by atoms with van der Waals surface area (Å²) in [6.45, 7) is 4.86. The molecule has 0 radical (unpaired) electrons. The lowest BCUT2D eigenvalue weighted by molar-refractivity contribution is -0.138. The number of benzene rings is 3. The van der Waals surface area contributed by atoms with Gasteiger partial charge in [0.1, 0.15) is 17.3 Å². The molecule has 2 N–H and O–H groups in total. The monoisotopic (exact) mass is 503 g/mol. The molecular weight excluding hydrogens is 478 g/mol. The van der Waals surface area contributed by atoms with Crippen LogP contribution in [-0.2, 0) is 17.4 Å². The first-order chi connectivity index (χ1) is 16.8. The van der Waals surface area contributed by atoms with E-state index in [2.05, 4.69) is 5.32 Å². The smallest absolute Gasteiger partial charge is 0.416 e. The van der Waals surface area contributed by atoms with Crippen molar-refractivity contribution < 1.29 is 37.0 Å². The maximum atomic E-state index is 14.3. The van der Waals surface area contributed by atoms with E-state index >= 15 is 0 Å². The van der Waals surface area contributed by atoms with E-state index in [1.54, 1.807) is 31.2 Å². The lowest BCUT2D eigenvalue weighted by Gasteiger charge is -2.17. The van der Waals surface area contributed by atoms with Gasteiger partial charge in [0, 0.05) is 18.1 Å². The number of carboxylic acids is 1. The number of halogens is 4. The van der Waals surface area contributed by atoms with Gasteiger partial charge in [-0.3, -0.25) is 9.59 Å². The van der Waals surface area contributed by atoms with Crippen LogP contribution in [0.3, 0.4) is 0 Å². The minimum Gasteiger partial charge on any atom is -0.481 e. The molecule has 5 nitrogen and oxygen atoms in total. The third kappa shape index (κ3) is 6.84. The van der Waals surface area contributed by atoms with Crippen molar-refractivity contribution in [1.29, 1.82) is 0 Å². The summed E-state index contributed by atoms with van der Waals surface area (Å²) < 4.78 is 58.8. The molecule has 36 heavy (non-hydrogen) atoms. The molecule has 0 saturated carbocycles. The van der Waals surface area contributed by atoms with E-state index in [4.69, 9.17) is 9.84 Å². The second-order valence-corrected chi connectivity index (χ2v) is 8.53. The second-order valence-electron chi connectivity index (χ2n) is 8.53. The average molecular weight is 503 g/mol. The SMILES string of the molecule is Cc1cc(Oc2cc(F)cc(C(C)NC(=O)c3ccc(C(F)(F)F)cc3C)c2)ccc1CCC(=O)O. The number of hydrogen-bond donors (Lipinski definition) is 2. The number of aryl methyl sites for hydroxylation is 3. The third-order valence-electron chi connectivity index (χ3n) is 5.70. The van der Waals surface area contributed by atoms with E-state index in [-0.39, 0.29) is 23.3 Å². The van der Waals surface area contributed by atoms with Crippen LogP contribution in [0.5, 0.6) is 11.5 Å². The molecule has 0 bridgehead atoms. The Balaban J connectivity index is 1.74. The molecule has 190 valence electrons. The van der Waals surface area contributed by atoms with Crippen LogP contribution in [0, 0.1) is 19.7 Å².